The first-order valence-corrected chi connectivity index (χ1v) is 6.76. The van der Waals surface area contributed by atoms with E-state index in [1.807, 2.05) is 6.92 Å². The van der Waals surface area contributed by atoms with Gasteiger partial charge in [0.25, 0.3) is 11.8 Å². The molecule has 0 aliphatic rings. The lowest BCUT2D eigenvalue weighted by Crippen LogP contribution is -2.27. The van der Waals surface area contributed by atoms with Crippen LogP contribution < -0.4 is 10.6 Å². The third-order valence-corrected chi connectivity index (χ3v) is 2.75. The molecule has 2 N–H and O–H groups in total. The van der Waals surface area contributed by atoms with Gasteiger partial charge in [-0.05, 0) is 30.7 Å². The number of carbonyl (C=O) groups excluding carboxylic acids is 2. The maximum atomic E-state index is 12.0. The van der Waals surface area contributed by atoms with Gasteiger partial charge in [0, 0.05) is 6.54 Å². The number of pyridine rings is 1. The summed E-state index contributed by atoms with van der Waals surface area (Å²) >= 11 is 0. The molecule has 6 nitrogen and oxygen atoms in total. The summed E-state index contributed by atoms with van der Waals surface area (Å²) in [7, 11) is 0. The molecule has 2 aromatic rings. The minimum Gasteiger partial charge on any atom is -0.467 e. The summed E-state index contributed by atoms with van der Waals surface area (Å²) in [6, 6.07) is 8.29. The average Bonchev–Trinajstić information content (AvgIpc) is 3.03. The minimum atomic E-state index is -0.350. The highest BCUT2D eigenvalue weighted by Crippen LogP contribution is 2.02. The van der Waals surface area contributed by atoms with Crippen molar-refractivity contribution in [3.8, 4) is 0 Å². The van der Waals surface area contributed by atoms with E-state index in [0.717, 1.165) is 6.42 Å². The zero-order valence-corrected chi connectivity index (χ0v) is 11.8. The van der Waals surface area contributed by atoms with E-state index in [-0.39, 0.29) is 29.7 Å². The van der Waals surface area contributed by atoms with Crippen molar-refractivity contribution in [1.82, 2.24) is 15.6 Å². The Bertz CT molecular complexity index is 608. The third kappa shape index (κ3) is 4.17. The second-order valence-electron chi connectivity index (χ2n) is 4.43. The maximum Gasteiger partial charge on any atom is 0.270 e. The number of hydrogen-bond donors (Lipinski definition) is 2. The monoisotopic (exact) mass is 287 g/mol. The zero-order chi connectivity index (χ0) is 15.1. The molecule has 2 heterocycles. The smallest absolute Gasteiger partial charge is 0.270 e. The van der Waals surface area contributed by atoms with Crippen molar-refractivity contribution < 1.29 is 14.0 Å². The number of hydrogen-bond acceptors (Lipinski definition) is 4. The van der Waals surface area contributed by atoms with Crippen LogP contribution in [0.2, 0.25) is 0 Å². The molecule has 0 fully saturated rings. The van der Waals surface area contributed by atoms with Crippen LogP contribution in [0.15, 0.2) is 41.0 Å². The number of nitrogens with zero attached hydrogens (tertiary/aromatic N) is 1. The molecule has 0 spiro atoms. The van der Waals surface area contributed by atoms with Gasteiger partial charge in [0.1, 0.15) is 17.1 Å². The Hall–Kier alpha value is -2.63. The van der Waals surface area contributed by atoms with E-state index in [0.29, 0.717) is 12.3 Å². The Kier molecular flexibility index (Phi) is 5.09. The number of amides is 2. The first kappa shape index (κ1) is 14.8. The van der Waals surface area contributed by atoms with Crippen molar-refractivity contribution in [2.45, 2.75) is 19.9 Å². The van der Waals surface area contributed by atoms with E-state index in [9.17, 15) is 9.59 Å². The van der Waals surface area contributed by atoms with E-state index in [1.165, 1.54) is 0 Å². The first-order valence-electron chi connectivity index (χ1n) is 6.76. The zero-order valence-electron chi connectivity index (χ0n) is 11.8. The van der Waals surface area contributed by atoms with E-state index < -0.39 is 0 Å². The SMILES string of the molecule is CCCNC(=O)c1cccc(C(=O)NCc2ccco2)n1. The Balaban J connectivity index is 1.99. The summed E-state index contributed by atoms with van der Waals surface area (Å²) in [5.74, 6) is 0.0225. The fourth-order valence-electron chi connectivity index (χ4n) is 1.69. The predicted molar refractivity (Wildman–Crippen MR) is 76.7 cm³/mol. The fourth-order valence-corrected chi connectivity index (χ4v) is 1.69. The molecule has 0 radical (unpaired) electrons. The molecule has 0 bridgehead atoms. The van der Waals surface area contributed by atoms with E-state index >= 15 is 0 Å². The van der Waals surface area contributed by atoms with Crippen LogP contribution in [0.4, 0.5) is 0 Å². The van der Waals surface area contributed by atoms with Crippen LogP contribution in [0, 0.1) is 0 Å². The number of rotatable bonds is 6. The van der Waals surface area contributed by atoms with Gasteiger partial charge in [-0.1, -0.05) is 13.0 Å². The lowest BCUT2D eigenvalue weighted by atomic mass is 10.2. The van der Waals surface area contributed by atoms with Crippen molar-refractivity contribution in [3.05, 3.63) is 53.7 Å². The molecule has 0 aliphatic carbocycles. The Labute approximate surface area is 122 Å². The first-order chi connectivity index (χ1) is 10.2. The van der Waals surface area contributed by atoms with Crippen molar-refractivity contribution >= 4 is 11.8 Å². The summed E-state index contributed by atoms with van der Waals surface area (Å²) in [6.45, 7) is 2.82. The standard InChI is InChI=1S/C15H17N3O3/c1-2-8-16-14(19)12-6-3-7-13(18-12)15(20)17-10-11-5-4-9-21-11/h3-7,9H,2,8,10H2,1H3,(H,16,19)(H,17,20). The van der Waals surface area contributed by atoms with E-state index in [4.69, 9.17) is 4.42 Å². The van der Waals surface area contributed by atoms with E-state index in [2.05, 4.69) is 15.6 Å². The van der Waals surface area contributed by atoms with Crippen LogP contribution in [-0.4, -0.2) is 23.3 Å². The molecule has 2 rings (SSSR count). The van der Waals surface area contributed by atoms with Crippen LogP contribution in [0.25, 0.3) is 0 Å². The average molecular weight is 287 g/mol. The lowest BCUT2D eigenvalue weighted by molar-refractivity contribution is 0.0940. The number of aromatic nitrogens is 1. The van der Waals surface area contributed by atoms with Gasteiger partial charge in [-0.3, -0.25) is 9.59 Å². The van der Waals surface area contributed by atoms with Gasteiger partial charge in [0.05, 0.1) is 12.8 Å². The summed E-state index contributed by atoms with van der Waals surface area (Å²) in [5.41, 5.74) is 0.430. The highest BCUT2D eigenvalue weighted by Gasteiger charge is 2.12. The molecular weight excluding hydrogens is 270 g/mol. The van der Waals surface area contributed by atoms with E-state index in [1.54, 1.807) is 36.6 Å². The second-order valence-corrected chi connectivity index (χ2v) is 4.43. The predicted octanol–water partition coefficient (Wildman–Crippen LogP) is 1.74. The molecule has 110 valence electrons. The molecule has 0 saturated carbocycles. The summed E-state index contributed by atoms with van der Waals surface area (Å²) in [4.78, 5) is 27.9. The third-order valence-electron chi connectivity index (χ3n) is 2.75. The lowest BCUT2D eigenvalue weighted by Gasteiger charge is -2.06. The van der Waals surface area contributed by atoms with Crippen LogP contribution in [0.3, 0.4) is 0 Å². The highest BCUT2D eigenvalue weighted by molar-refractivity contribution is 5.96. The quantitative estimate of drug-likeness (QED) is 0.847. The molecule has 21 heavy (non-hydrogen) atoms. The molecule has 0 atom stereocenters. The van der Waals surface area contributed by atoms with Crippen molar-refractivity contribution in [2.24, 2.45) is 0 Å². The molecule has 6 heteroatoms. The van der Waals surface area contributed by atoms with Gasteiger partial charge >= 0.3 is 0 Å². The molecule has 2 amide bonds. The number of nitrogens with one attached hydrogen (secondary N) is 2. The number of furan rings is 1. The summed E-state index contributed by atoms with van der Waals surface area (Å²) in [6.07, 6.45) is 2.38. The minimum absolute atomic E-state index is 0.200. The molecule has 0 aliphatic heterocycles. The van der Waals surface area contributed by atoms with Gasteiger partial charge < -0.3 is 15.1 Å². The molecule has 2 aromatic heterocycles. The Morgan fingerprint density at radius 2 is 1.81 bits per heavy atom. The molecule has 0 aromatic carbocycles. The Morgan fingerprint density at radius 3 is 2.43 bits per heavy atom. The van der Waals surface area contributed by atoms with Gasteiger partial charge in [-0.2, -0.15) is 0 Å². The van der Waals surface area contributed by atoms with Gasteiger partial charge in [0.15, 0.2) is 0 Å². The van der Waals surface area contributed by atoms with Crippen molar-refractivity contribution in [2.75, 3.05) is 6.54 Å². The molecule has 0 saturated heterocycles. The number of carbonyl (C=O) groups is 2. The van der Waals surface area contributed by atoms with Gasteiger partial charge in [-0.25, -0.2) is 4.98 Å². The normalized spacial score (nSPS) is 10.1. The highest BCUT2D eigenvalue weighted by atomic mass is 16.3. The summed E-state index contributed by atoms with van der Waals surface area (Å²) < 4.78 is 5.13. The van der Waals surface area contributed by atoms with Crippen LogP contribution in [0.1, 0.15) is 40.1 Å². The van der Waals surface area contributed by atoms with Crippen molar-refractivity contribution in [3.63, 3.8) is 0 Å². The summed E-state index contributed by atoms with van der Waals surface area (Å²) in [5, 5.41) is 5.40. The topological polar surface area (TPSA) is 84.2 Å². The largest absolute Gasteiger partial charge is 0.467 e. The van der Waals surface area contributed by atoms with Gasteiger partial charge in [0.2, 0.25) is 0 Å². The van der Waals surface area contributed by atoms with Crippen LogP contribution in [0.5, 0.6) is 0 Å². The molecule has 0 unspecified atom stereocenters. The molecular formula is C15H17N3O3. The van der Waals surface area contributed by atoms with Crippen LogP contribution >= 0.6 is 0 Å². The Morgan fingerprint density at radius 1 is 1.10 bits per heavy atom. The van der Waals surface area contributed by atoms with Crippen molar-refractivity contribution in [1.29, 1.82) is 0 Å². The van der Waals surface area contributed by atoms with Crippen LogP contribution in [-0.2, 0) is 6.54 Å². The second kappa shape index (κ2) is 7.23. The fraction of sp³-hybridized carbons (Fsp3) is 0.267. The maximum absolute atomic E-state index is 12.0. The van der Waals surface area contributed by atoms with Gasteiger partial charge in [-0.15, -0.1) is 0 Å².